The van der Waals surface area contributed by atoms with Gasteiger partial charge in [0.2, 0.25) is 0 Å². The summed E-state index contributed by atoms with van der Waals surface area (Å²) in [4.78, 5) is 31.6. The number of fused-ring (bicyclic) bond motifs is 5. The third-order valence-electron chi connectivity index (χ3n) is 4.56. The predicted octanol–water partition coefficient (Wildman–Crippen LogP) is 2.73. The molecule has 24 heavy (non-hydrogen) atoms. The maximum Gasteiger partial charge on any atom is 0.359 e. The molecule has 0 aliphatic carbocycles. The SMILES string of the molecule is CC(C)OC(=O)c1ncn2c1[C@@H]1CCCN1C(=O)c1ccccc1-2. The van der Waals surface area contributed by atoms with Crippen molar-refractivity contribution in [2.75, 3.05) is 6.54 Å². The summed E-state index contributed by atoms with van der Waals surface area (Å²) >= 11 is 0. The Morgan fingerprint density at radius 1 is 1.33 bits per heavy atom. The molecule has 0 bridgehead atoms. The van der Waals surface area contributed by atoms with Gasteiger partial charge in [-0.05, 0) is 38.8 Å². The molecule has 1 saturated heterocycles. The molecule has 1 aromatic carbocycles. The van der Waals surface area contributed by atoms with Crippen molar-refractivity contribution in [1.82, 2.24) is 14.5 Å². The van der Waals surface area contributed by atoms with Gasteiger partial charge in [-0.1, -0.05) is 12.1 Å². The first kappa shape index (κ1) is 14.9. The number of carbonyl (C=O) groups excluding carboxylic acids is 2. The van der Waals surface area contributed by atoms with Gasteiger partial charge in [0.25, 0.3) is 5.91 Å². The molecule has 124 valence electrons. The topological polar surface area (TPSA) is 64.4 Å². The van der Waals surface area contributed by atoms with E-state index in [4.69, 9.17) is 4.74 Å². The minimum atomic E-state index is -0.433. The zero-order valence-corrected chi connectivity index (χ0v) is 13.7. The third kappa shape index (κ3) is 2.13. The lowest BCUT2D eigenvalue weighted by atomic mass is 10.1. The molecule has 0 radical (unpaired) electrons. The standard InChI is InChI=1S/C18H19N3O3/c1-11(2)24-18(23)15-16-14-8-5-9-20(14)17(22)12-6-3-4-7-13(12)21(16)10-19-15/h3-4,6-7,10-11,14H,5,8-9H2,1-2H3/t14-/m0/s1. The molecule has 4 rings (SSSR count). The van der Waals surface area contributed by atoms with Crippen molar-refractivity contribution < 1.29 is 14.3 Å². The summed E-state index contributed by atoms with van der Waals surface area (Å²) in [5, 5.41) is 0. The second-order valence-corrected chi connectivity index (χ2v) is 6.48. The minimum absolute atomic E-state index is 0.0139. The number of hydrogen-bond acceptors (Lipinski definition) is 4. The van der Waals surface area contributed by atoms with Gasteiger partial charge in [-0.15, -0.1) is 0 Å². The fourth-order valence-corrected chi connectivity index (χ4v) is 3.61. The number of carbonyl (C=O) groups is 2. The highest BCUT2D eigenvalue weighted by atomic mass is 16.5. The number of benzene rings is 1. The number of imidazole rings is 1. The Morgan fingerprint density at radius 2 is 2.12 bits per heavy atom. The van der Waals surface area contributed by atoms with Crippen LogP contribution >= 0.6 is 0 Å². The Morgan fingerprint density at radius 3 is 2.92 bits per heavy atom. The first-order valence-electron chi connectivity index (χ1n) is 8.26. The van der Waals surface area contributed by atoms with Gasteiger partial charge < -0.3 is 9.64 Å². The van der Waals surface area contributed by atoms with Gasteiger partial charge in [-0.2, -0.15) is 0 Å². The Bertz CT molecular complexity index is 825. The van der Waals surface area contributed by atoms with E-state index in [0.29, 0.717) is 17.8 Å². The zero-order valence-electron chi connectivity index (χ0n) is 13.7. The maximum atomic E-state index is 12.9. The second kappa shape index (κ2) is 5.47. The molecule has 0 saturated carbocycles. The molecule has 6 heteroatoms. The Hall–Kier alpha value is -2.63. The van der Waals surface area contributed by atoms with Crippen molar-refractivity contribution >= 4 is 11.9 Å². The molecule has 3 heterocycles. The van der Waals surface area contributed by atoms with Crippen molar-refractivity contribution in [3.63, 3.8) is 0 Å². The summed E-state index contributed by atoms with van der Waals surface area (Å²) in [5.41, 5.74) is 2.48. The molecule has 2 aliphatic rings. The van der Waals surface area contributed by atoms with E-state index in [2.05, 4.69) is 4.98 Å². The second-order valence-electron chi connectivity index (χ2n) is 6.48. The van der Waals surface area contributed by atoms with Crippen LogP contribution in [0.1, 0.15) is 59.3 Å². The summed E-state index contributed by atoms with van der Waals surface area (Å²) in [6.45, 7) is 4.32. The van der Waals surface area contributed by atoms with Gasteiger partial charge in [0.1, 0.15) is 6.33 Å². The molecular weight excluding hydrogens is 306 g/mol. The number of esters is 1. The van der Waals surface area contributed by atoms with E-state index in [9.17, 15) is 9.59 Å². The molecule has 6 nitrogen and oxygen atoms in total. The van der Waals surface area contributed by atoms with E-state index in [0.717, 1.165) is 24.2 Å². The smallest absolute Gasteiger partial charge is 0.359 e. The molecular formula is C18H19N3O3. The molecule has 1 fully saturated rings. The van der Waals surface area contributed by atoms with Gasteiger partial charge in [0.05, 0.1) is 29.1 Å². The summed E-state index contributed by atoms with van der Waals surface area (Å²) < 4.78 is 7.22. The van der Waals surface area contributed by atoms with E-state index in [-0.39, 0.29) is 18.1 Å². The van der Waals surface area contributed by atoms with E-state index < -0.39 is 5.97 Å². The van der Waals surface area contributed by atoms with E-state index >= 15 is 0 Å². The van der Waals surface area contributed by atoms with Crippen molar-refractivity contribution in [1.29, 1.82) is 0 Å². The molecule has 2 aliphatic heterocycles. The van der Waals surface area contributed by atoms with E-state index in [1.807, 2.05) is 47.6 Å². The van der Waals surface area contributed by atoms with Gasteiger partial charge in [0, 0.05) is 6.54 Å². The van der Waals surface area contributed by atoms with Gasteiger partial charge in [-0.25, -0.2) is 9.78 Å². The van der Waals surface area contributed by atoms with Crippen molar-refractivity contribution in [3.05, 3.63) is 47.5 Å². The number of aromatic nitrogens is 2. The predicted molar refractivity (Wildman–Crippen MR) is 87.1 cm³/mol. The lowest BCUT2D eigenvalue weighted by molar-refractivity contribution is 0.0366. The average Bonchev–Trinajstić information content (AvgIpc) is 3.18. The Labute approximate surface area is 140 Å². The van der Waals surface area contributed by atoms with Crippen LogP contribution in [0.4, 0.5) is 0 Å². The lowest BCUT2D eigenvalue weighted by Crippen LogP contribution is -2.30. The molecule has 2 aromatic rings. The molecule has 0 spiro atoms. The lowest BCUT2D eigenvalue weighted by Gasteiger charge is -2.23. The van der Waals surface area contributed by atoms with Gasteiger partial charge in [-0.3, -0.25) is 9.36 Å². The number of hydrogen-bond donors (Lipinski definition) is 0. The zero-order chi connectivity index (χ0) is 16.8. The fraction of sp³-hybridized carbons (Fsp3) is 0.389. The fourth-order valence-electron chi connectivity index (χ4n) is 3.61. The van der Waals surface area contributed by atoms with E-state index in [1.54, 1.807) is 6.33 Å². The van der Waals surface area contributed by atoms with Crippen molar-refractivity contribution in [2.45, 2.75) is 38.8 Å². The number of nitrogens with zero attached hydrogens (tertiary/aromatic N) is 3. The Kier molecular flexibility index (Phi) is 3.40. The third-order valence-corrected chi connectivity index (χ3v) is 4.56. The van der Waals surface area contributed by atoms with Crippen molar-refractivity contribution in [2.24, 2.45) is 0 Å². The number of amides is 1. The molecule has 1 aromatic heterocycles. The van der Waals surface area contributed by atoms with Crippen LogP contribution in [0.25, 0.3) is 5.69 Å². The summed E-state index contributed by atoms with van der Waals surface area (Å²) in [7, 11) is 0. The van der Waals surface area contributed by atoms with Gasteiger partial charge >= 0.3 is 5.97 Å². The molecule has 1 amide bonds. The van der Waals surface area contributed by atoms with Crippen LogP contribution in [0.5, 0.6) is 0 Å². The van der Waals surface area contributed by atoms with Crippen LogP contribution in [0, 0.1) is 0 Å². The van der Waals surface area contributed by atoms with Gasteiger partial charge in [0.15, 0.2) is 5.69 Å². The van der Waals surface area contributed by atoms with Crippen LogP contribution in [0.3, 0.4) is 0 Å². The maximum absolute atomic E-state index is 12.9. The Balaban J connectivity index is 1.92. The largest absolute Gasteiger partial charge is 0.458 e. The van der Waals surface area contributed by atoms with E-state index in [1.165, 1.54) is 0 Å². The number of ether oxygens (including phenoxy) is 1. The molecule has 1 atom stereocenters. The minimum Gasteiger partial charge on any atom is -0.458 e. The highest BCUT2D eigenvalue weighted by molar-refractivity contribution is 5.99. The summed E-state index contributed by atoms with van der Waals surface area (Å²) in [6.07, 6.45) is 3.16. The first-order chi connectivity index (χ1) is 11.6. The first-order valence-corrected chi connectivity index (χ1v) is 8.26. The van der Waals surface area contributed by atoms with Crippen LogP contribution in [0.2, 0.25) is 0 Å². The van der Waals surface area contributed by atoms with Crippen LogP contribution in [-0.4, -0.2) is 39.0 Å². The van der Waals surface area contributed by atoms with Crippen LogP contribution < -0.4 is 0 Å². The number of para-hydroxylation sites is 1. The quantitative estimate of drug-likeness (QED) is 0.796. The molecule has 0 unspecified atom stereocenters. The van der Waals surface area contributed by atoms with Crippen molar-refractivity contribution in [3.8, 4) is 5.69 Å². The summed E-state index contributed by atoms with van der Waals surface area (Å²) in [5.74, 6) is -0.419. The monoisotopic (exact) mass is 325 g/mol. The average molecular weight is 325 g/mol. The highest BCUT2D eigenvalue weighted by Crippen LogP contribution is 2.39. The summed E-state index contributed by atoms with van der Waals surface area (Å²) in [6, 6.07) is 7.32. The normalized spacial score (nSPS) is 18.9. The number of rotatable bonds is 2. The highest BCUT2D eigenvalue weighted by Gasteiger charge is 2.40. The van der Waals surface area contributed by atoms with Crippen LogP contribution in [0.15, 0.2) is 30.6 Å². The molecule has 0 N–H and O–H groups in total. The van der Waals surface area contributed by atoms with Crippen LogP contribution in [-0.2, 0) is 4.74 Å².